The van der Waals surface area contributed by atoms with Crippen molar-refractivity contribution in [3.63, 3.8) is 0 Å². The van der Waals surface area contributed by atoms with Gasteiger partial charge in [-0.05, 0) is 47.6 Å². The molecule has 1 aromatic heterocycles. The number of benzene rings is 3. The fourth-order valence-corrected chi connectivity index (χ4v) is 5.53. The minimum absolute atomic E-state index is 0.0282. The second kappa shape index (κ2) is 11.9. The zero-order chi connectivity index (χ0) is 29.9. The first kappa shape index (κ1) is 28.6. The summed E-state index contributed by atoms with van der Waals surface area (Å²) in [4.78, 5) is 38.5. The van der Waals surface area contributed by atoms with Crippen molar-refractivity contribution in [2.24, 2.45) is 7.05 Å². The zero-order valence-electron chi connectivity index (χ0n) is 23.9. The van der Waals surface area contributed by atoms with Gasteiger partial charge in [0.25, 0.3) is 0 Å². The fourth-order valence-electron chi connectivity index (χ4n) is 5.53. The maximum absolute atomic E-state index is 12.7. The summed E-state index contributed by atoms with van der Waals surface area (Å²) in [5.41, 5.74) is 4.20. The molecule has 9 nitrogen and oxygen atoms in total. The van der Waals surface area contributed by atoms with Crippen molar-refractivity contribution >= 4 is 23.8 Å². The van der Waals surface area contributed by atoms with Gasteiger partial charge in [0.2, 0.25) is 5.91 Å². The molecule has 0 unspecified atom stereocenters. The summed E-state index contributed by atoms with van der Waals surface area (Å²) in [7, 11) is 1.75. The molecule has 42 heavy (non-hydrogen) atoms. The van der Waals surface area contributed by atoms with Crippen molar-refractivity contribution in [2.75, 3.05) is 18.4 Å². The number of hydrogen-bond acceptors (Lipinski definition) is 5. The number of hydrogen-bond donors (Lipinski definition) is 2. The Balaban J connectivity index is 1.30. The van der Waals surface area contributed by atoms with Gasteiger partial charge in [0.05, 0.1) is 11.6 Å². The van der Waals surface area contributed by atoms with E-state index in [9.17, 15) is 19.5 Å². The number of carboxylic acids is 1. The lowest BCUT2D eigenvalue weighted by molar-refractivity contribution is -0.148. The molecule has 2 amide bonds. The number of amides is 2. The molecule has 3 aromatic carbocycles. The van der Waals surface area contributed by atoms with Crippen LogP contribution in [0.5, 0.6) is 0 Å². The lowest BCUT2D eigenvalue weighted by Gasteiger charge is -2.39. The standard InChI is InChI=1S/C33H34N4O5/c1-22(24-7-5-4-6-8-24)42-32(41)35-30-29(21-34-36(30)3)27-11-9-25(10-12-27)26-13-15-28(16-14-26)33(31(39)40)17-19-37(20-18-33)23(2)38/h4-16,21-22H,17-20H2,1-3H3,(H,35,41)(H,39,40)/t22-/m1/s1. The molecule has 1 atom stereocenters. The van der Waals surface area contributed by atoms with E-state index in [2.05, 4.69) is 10.4 Å². The second-order valence-corrected chi connectivity index (χ2v) is 10.7. The maximum Gasteiger partial charge on any atom is 0.413 e. The Hall–Kier alpha value is -4.92. The molecule has 4 aromatic rings. The first-order chi connectivity index (χ1) is 20.2. The van der Waals surface area contributed by atoms with Gasteiger partial charge in [-0.15, -0.1) is 0 Å². The third kappa shape index (κ3) is 5.76. The number of aryl methyl sites for hydroxylation is 1. The minimum Gasteiger partial charge on any atom is -0.481 e. The number of anilines is 1. The Kier molecular flexibility index (Phi) is 8.10. The quantitative estimate of drug-likeness (QED) is 0.282. The summed E-state index contributed by atoms with van der Waals surface area (Å²) in [6, 6.07) is 25.0. The van der Waals surface area contributed by atoms with Crippen LogP contribution in [0.4, 0.5) is 10.6 Å². The molecule has 0 saturated carbocycles. The summed E-state index contributed by atoms with van der Waals surface area (Å²) < 4.78 is 7.17. The first-order valence-corrected chi connectivity index (χ1v) is 13.9. The van der Waals surface area contributed by atoms with E-state index < -0.39 is 23.6 Å². The van der Waals surface area contributed by atoms with Gasteiger partial charge in [0.1, 0.15) is 11.9 Å². The van der Waals surface area contributed by atoms with E-state index in [0.717, 1.165) is 33.4 Å². The largest absolute Gasteiger partial charge is 0.481 e. The van der Waals surface area contributed by atoms with Gasteiger partial charge in [-0.1, -0.05) is 78.9 Å². The summed E-state index contributed by atoms with van der Waals surface area (Å²) in [6.45, 7) is 4.20. The molecule has 1 fully saturated rings. The van der Waals surface area contributed by atoms with Crippen molar-refractivity contribution in [2.45, 2.75) is 38.2 Å². The van der Waals surface area contributed by atoms with E-state index in [-0.39, 0.29) is 5.91 Å². The van der Waals surface area contributed by atoms with Gasteiger partial charge < -0.3 is 14.7 Å². The van der Waals surface area contributed by atoms with Gasteiger partial charge in [-0.2, -0.15) is 5.10 Å². The van der Waals surface area contributed by atoms with Crippen LogP contribution in [0, 0.1) is 0 Å². The molecule has 5 rings (SSSR count). The Labute approximate surface area is 244 Å². The van der Waals surface area contributed by atoms with Crippen LogP contribution in [0.2, 0.25) is 0 Å². The molecule has 2 heterocycles. The number of ether oxygens (including phenoxy) is 1. The lowest BCUT2D eigenvalue weighted by atomic mass is 9.72. The Morgan fingerprint density at radius 1 is 0.905 bits per heavy atom. The molecule has 0 radical (unpaired) electrons. The number of nitrogens with one attached hydrogen (secondary N) is 1. The SMILES string of the molecule is CC(=O)N1CCC(C(=O)O)(c2ccc(-c3ccc(-c4cnn(C)c4NC(=O)O[C@H](C)c4ccccc4)cc3)cc2)CC1. The van der Waals surface area contributed by atoms with E-state index in [1.165, 1.54) is 6.92 Å². The second-order valence-electron chi connectivity index (χ2n) is 10.7. The van der Waals surface area contributed by atoms with Crippen LogP contribution >= 0.6 is 0 Å². The number of aromatic nitrogens is 2. The molecular formula is C33H34N4O5. The predicted molar refractivity (Wildman–Crippen MR) is 160 cm³/mol. The molecule has 2 N–H and O–H groups in total. The summed E-state index contributed by atoms with van der Waals surface area (Å²) in [5, 5.41) is 17.3. The van der Waals surface area contributed by atoms with Crippen LogP contribution in [0.1, 0.15) is 43.9 Å². The van der Waals surface area contributed by atoms with E-state index in [1.807, 2.05) is 85.8 Å². The number of likely N-dealkylation sites (tertiary alicyclic amines) is 1. The first-order valence-electron chi connectivity index (χ1n) is 13.9. The van der Waals surface area contributed by atoms with E-state index in [1.54, 1.807) is 22.8 Å². The third-order valence-corrected chi connectivity index (χ3v) is 8.15. The molecule has 9 heteroatoms. The van der Waals surface area contributed by atoms with Gasteiger partial charge in [-0.3, -0.25) is 19.6 Å². The lowest BCUT2D eigenvalue weighted by Crippen LogP contribution is -2.48. The van der Waals surface area contributed by atoms with Gasteiger partial charge in [0, 0.05) is 32.6 Å². The maximum atomic E-state index is 12.7. The average molecular weight is 567 g/mol. The number of carboxylic acid groups (broad SMARTS) is 1. The van der Waals surface area contributed by atoms with Gasteiger partial charge in [0.15, 0.2) is 0 Å². The topological polar surface area (TPSA) is 114 Å². The summed E-state index contributed by atoms with van der Waals surface area (Å²) >= 11 is 0. The number of carbonyl (C=O) groups excluding carboxylic acids is 2. The van der Waals surface area contributed by atoms with Crippen LogP contribution in [0.15, 0.2) is 85.1 Å². The zero-order valence-corrected chi connectivity index (χ0v) is 23.9. The highest BCUT2D eigenvalue weighted by atomic mass is 16.6. The molecule has 0 spiro atoms. The molecular weight excluding hydrogens is 532 g/mol. The molecule has 1 aliphatic heterocycles. The number of aliphatic carboxylic acids is 1. The van der Waals surface area contributed by atoms with E-state index in [4.69, 9.17) is 4.74 Å². The number of piperidine rings is 1. The van der Waals surface area contributed by atoms with E-state index >= 15 is 0 Å². The van der Waals surface area contributed by atoms with Crippen molar-refractivity contribution < 1.29 is 24.2 Å². The van der Waals surface area contributed by atoms with Crippen molar-refractivity contribution in [3.8, 4) is 22.3 Å². The fraction of sp³-hybridized carbons (Fsp3) is 0.273. The highest BCUT2D eigenvalue weighted by Crippen LogP contribution is 2.37. The van der Waals surface area contributed by atoms with Crippen LogP contribution < -0.4 is 5.32 Å². The van der Waals surface area contributed by atoms with Crippen LogP contribution in [-0.4, -0.2) is 50.8 Å². The van der Waals surface area contributed by atoms with E-state index in [0.29, 0.717) is 31.7 Å². The highest BCUT2D eigenvalue weighted by Gasteiger charge is 2.43. The molecule has 216 valence electrons. The Morgan fingerprint density at radius 2 is 1.48 bits per heavy atom. The number of carbonyl (C=O) groups is 3. The average Bonchev–Trinajstić information content (AvgIpc) is 3.36. The van der Waals surface area contributed by atoms with Crippen molar-refractivity contribution in [1.82, 2.24) is 14.7 Å². The molecule has 0 bridgehead atoms. The smallest absolute Gasteiger partial charge is 0.413 e. The normalized spacial score (nSPS) is 15.1. The molecule has 1 aliphatic rings. The Bertz CT molecular complexity index is 1570. The number of nitrogens with zero attached hydrogens (tertiary/aromatic N) is 3. The van der Waals surface area contributed by atoms with Crippen LogP contribution in [-0.2, 0) is 26.8 Å². The van der Waals surface area contributed by atoms with Crippen molar-refractivity contribution in [1.29, 1.82) is 0 Å². The van der Waals surface area contributed by atoms with Crippen LogP contribution in [0.25, 0.3) is 22.3 Å². The highest BCUT2D eigenvalue weighted by molar-refractivity contribution is 5.90. The minimum atomic E-state index is -1.00. The third-order valence-electron chi connectivity index (χ3n) is 8.15. The molecule has 0 aliphatic carbocycles. The van der Waals surface area contributed by atoms with Gasteiger partial charge in [-0.25, -0.2) is 4.79 Å². The molecule has 1 saturated heterocycles. The number of rotatable bonds is 7. The van der Waals surface area contributed by atoms with Crippen molar-refractivity contribution in [3.05, 3.63) is 96.2 Å². The van der Waals surface area contributed by atoms with Gasteiger partial charge >= 0.3 is 12.1 Å². The summed E-state index contributed by atoms with van der Waals surface area (Å²) in [6.07, 6.45) is 1.49. The predicted octanol–water partition coefficient (Wildman–Crippen LogP) is 6.03. The monoisotopic (exact) mass is 566 g/mol. The van der Waals surface area contributed by atoms with Crippen LogP contribution in [0.3, 0.4) is 0 Å². The summed E-state index contributed by atoms with van der Waals surface area (Å²) in [5.74, 6) is -0.367. The Morgan fingerprint density at radius 3 is 2.05 bits per heavy atom.